The van der Waals surface area contributed by atoms with Gasteiger partial charge in [-0.3, -0.25) is 0 Å². The lowest BCUT2D eigenvalue weighted by atomic mass is 9.97. The van der Waals surface area contributed by atoms with E-state index in [2.05, 4.69) is 24.3 Å². The number of carbonyl (C=O) groups is 1. The van der Waals surface area contributed by atoms with Gasteiger partial charge in [-0.15, -0.1) is 11.8 Å². The van der Waals surface area contributed by atoms with Gasteiger partial charge < -0.3 is 14.4 Å². The van der Waals surface area contributed by atoms with Gasteiger partial charge in [0.05, 0.1) is 6.61 Å². The van der Waals surface area contributed by atoms with E-state index >= 15 is 0 Å². The number of hydrogen-bond donors (Lipinski definition) is 0. The predicted octanol–water partition coefficient (Wildman–Crippen LogP) is 4.19. The van der Waals surface area contributed by atoms with Crippen LogP contribution in [0.15, 0.2) is 35.2 Å². The minimum absolute atomic E-state index is 0.0224. The first-order valence-electron chi connectivity index (χ1n) is 8.04. The Kier molecular flexibility index (Phi) is 5.98. The van der Waals surface area contributed by atoms with Crippen molar-refractivity contribution >= 4 is 17.9 Å². The molecule has 0 aliphatic carbocycles. The third kappa shape index (κ3) is 5.43. The lowest BCUT2D eigenvalue weighted by molar-refractivity contribution is 0.0169. The van der Waals surface area contributed by atoms with Gasteiger partial charge in [-0.1, -0.05) is 18.2 Å². The highest BCUT2D eigenvalue weighted by Gasteiger charge is 2.38. The van der Waals surface area contributed by atoms with Crippen LogP contribution in [-0.4, -0.2) is 48.1 Å². The van der Waals surface area contributed by atoms with Gasteiger partial charge in [-0.05, 0) is 45.7 Å². The SMILES string of the molecule is COCC1(Sc2ccccc2)CCN(C(=O)OC(C)(C)C)CC1. The van der Waals surface area contributed by atoms with Crippen LogP contribution >= 0.6 is 11.8 Å². The van der Waals surface area contributed by atoms with Crippen molar-refractivity contribution in [3.05, 3.63) is 30.3 Å². The maximum Gasteiger partial charge on any atom is 0.410 e. The van der Waals surface area contributed by atoms with Crippen LogP contribution in [-0.2, 0) is 9.47 Å². The molecule has 0 spiro atoms. The van der Waals surface area contributed by atoms with Gasteiger partial charge in [0, 0.05) is 29.8 Å². The Bertz CT molecular complexity index is 505. The standard InChI is InChI=1S/C18H27NO3S/c1-17(2,3)22-16(20)19-12-10-18(11-13-19,14-21-4)23-15-8-6-5-7-9-15/h5-9H,10-14H2,1-4H3. The number of rotatable bonds is 4. The summed E-state index contributed by atoms with van der Waals surface area (Å²) < 4.78 is 11.0. The van der Waals surface area contributed by atoms with E-state index in [1.807, 2.05) is 43.5 Å². The molecule has 0 radical (unpaired) electrons. The molecular formula is C18H27NO3S. The molecular weight excluding hydrogens is 310 g/mol. The van der Waals surface area contributed by atoms with Crippen LogP contribution in [0.2, 0.25) is 0 Å². The summed E-state index contributed by atoms with van der Waals surface area (Å²) in [5.74, 6) is 0. The van der Waals surface area contributed by atoms with E-state index in [9.17, 15) is 4.79 Å². The first-order chi connectivity index (χ1) is 10.8. The van der Waals surface area contributed by atoms with Gasteiger partial charge >= 0.3 is 6.09 Å². The molecule has 1 aromatic rings. The molecule has 5 heteroatoms. The highest BCUT2D eigenvalue weighted by atomic mass is 32.2. The van der Waals surface area contributed by atoms with E-state index in [-0.39, 0.29) is 10.8 Å². The van der Waals surface area contributed by atoms with Crippen LogP contribution in [0.25, 0.3) is 0 Å². The van der Waals surface area contributed by atoms with E-state index in [0.717, 1.165) is 12.8 Å². The summed E-state index contributed by atoms with van der Waals surface area (Å²) in [6.45, 7) is 7.80. The Labute approximate surface area is 143 Å². The molecule has 4 nitrogen and oxygen atoms in total. The largest absolute Gasteiger partial charge is 0.444 e. The quantitative estimate of drug-likeness (QED) is 0.825. The third-order valence-corrected chi connectivity index (χ3v) is 5.28. The van der Waals surface area contributed by atoms with Crippen LogP contribution in [0.1, 0.15) is 33.6 Å². The Morgan fingerprint density at radius 2 is 1.83 bits per heavy atom. The first kappa shape index (κ1) is 18.1. The summed E-state index contributed by atoms with van der Waals surface area (Å²) in [5, 5.41) is 0. The van der Waals surface area contributed by atoms with Crippen molar-refractivity contribution in [3.63, 3.8) is 0 Å². The van der Waals surface area contributed by atoms with Gasteiger partial charge in [-0.2, -0.15) is 0 Å². The molecule has 1 heterocycles. The van der Waals surface area contributed by atoms with Gasteiger partial charge in [-0.25, -0.2) is 4.79 Å². The summed E-state index contributed by atoms with van der Waals surface area (Å²) in [5.41, 5.74) is -0.447. The summed E-state index contributed by atoms with van der Waals surface area (Å²) in [4.78, 5) is 15.3. The highest BCUT2D eigenvalue weighted by Crippen LogP contribution is 2.41. The second-order valence-electron chi connectivity index (χ2n) is 7.00. The normalized spacial score (nSPS) is 17.8. The number of nitrogens with zero attached hydrogens (tertiary/aromatic N) is 1. The molecule has 1 saturated heterocycles. The Hall–Kier alpha value is -1.20. The van der Waals surface area contributed by atoms with Gasteiger partial charge in [0.15, 0.2) is 0 Å². The molecule has 0 bridgehead atoms. The fourth-order valence-corrected chi connectivity index (χ4v) is 4.06. The molecule has 0 unspecified atom stereocenters. The fraction of sp³-hybridized carbons (Fsp3) is 0.611. The van der Waals surface area contributed by atoms with Crippen molar-refractivity contribution in [2.24, 2.45) is 0 Å². The molecule has 1 aromatic carbocycles. The zero-order chi connectivity index (χ0) is 16.9. The monoisotopic (exact) mass is 337 g/mol. The molecule has 2 rings (SSSR count). The molecule has 0 aromatic heterocycles. The average molecular weight is 337 g/mol. The number of amides is 1. The van der Waals surface area contributed by atoms with Crippen molar-refractivity contribution in [1.29, 1.82) is 0 Å². The van der Waals surface area contributed by atoms with Crippen LogP contribution in [0, 0.1) is 0 Å². The summed E-state index contributed by atoms with van der Waals surface area (Å²) >= 11 is 1.86. The molecule has 1 aliphatic rings. The Balaban J connectivity index is 1.99. The third-order valence-electron chi connectivity index (χ3n) is 3.81. The second-order valence-corrected chi connectivity index (χ2v) is 8.54. The predicted molar refractivity (Wildman–Crippen MR) is 93.9 cm³/mol. The summed E-state index contributed by atoms with van der Waals surface area (Å²) in [6, 6.07) is 10.4. The van der Waals surface area contributed by atoms with E-state index < -0.39 is 5.60 Å². The molecule has 1 amide bonds. The summed E-state index contributed by atoms with van der Waals surface area (Å²) in [6.07, 6.45) is 1.59. The van der Waals surface area contributed by atoms with Crippen molar-refractivity contribution < 1.29 is 14.3 Å². The lowest BCUT2D eigenvalue weighted by Gasteiger charge is -2.41. The lowest BCUT2D eigenvalue weighted by Crippen LogP contribution is -2.48. The van der Waals surface area contributed by atoms with Crippen LogP contribution in [0.5, 0.6) is 0 Å². The molecule has 1 fully saturated rings. The average Bonchev–Trinajstić information content (AvgIpc) is 2.47. The molecule has 23 heavy (non-hydrogen) atoms. The Morgan fingerprint density at radius 3 is 2.35 bits per heavy atom. The van der Waals surface area contributed by atoms with E-state index in [1.165, 1.54) is 4.90 Å². The number of benzene rings is 1. The number of methoxy groups -OCH3 is 1. The van der Waals surface area contributed by atoms with E-state index in [0.29, 0.717) is 19.7 Å². The number of likely N-dealkylation sites (tertiary alicyclic amines) is 1. The summed E-state index contributed by atoms with van der Waals surface area (Å²) in [7, 11) is 1.74. The number of hydrogen-bond acceptors (Lipinski definition) is 4. The molecule has 0 N–H and O–H groups in total. The van der Waals surface area contributed by atoms with E-state index in [4.69, 9.17) is 9.47 Å². The number of ether oxygens (including phenoxy) is 2. The maximum atomic E-state index is 12.2. The molecule has 128 valence electrons. The number of piperidine rings is 1. The number of thioether (sulfide) groups is 1. The zero-order valence-electron chi connectivity index (χ0n) is 14.5. The molecule has 0 saturated carbocycles. The topological polar surface area (TPSA) is 38.8 Å². The molecule has 1 aliphatic heterocycles. The maximum absolute atomic E-state index is 12.2. The van der Waals surface area contributed by atoms with Gasteiger partial charge in [0.25, 0.3) is 0 Å². The van der Waals surface area contributed by atoms with Crippen molar-refractivity contribution in [2.45, 2.75) is 48.9 Å². The van der Waals surface area contributed by atoms with Crippen LogP contribution in [0.4, 0.5) is 4.79 Å². The smallest absolute Gasteiger partial charge is 0.410 e. The highest BCUT2D eigenvalue weighted by molar-refractivity contribution is 8.00. The minimum atomic E-state index is -0.447. The molecule has 0 atom stereocenters. The van der Waals surface area contributed by atoms with Crippen molar-refractivity contribution in [3.8, 4) is 0 Å². The van der Waals surface area contributed by atoms with Crippen molar-refractivity contribution in [1.82, 2.24) is 4.90 Å². The fourth-order valence-electron chi connectivity index (χ4n) is 2.70. The van der Waals surface area contributed by atoms with E-state index in [1.54, 1.807) is 7.11 Å². The van der Waals surface area contributed by atoms with Crippen molar-refractivity contribution in [2.75, 3.05) is 26.8 Å². The van der Waals surface area contributed by atoms with Crippen LogP contribution in [0.3, 0.4) is 0 Å². The van der Waals surface area contributed by atoms with Gasteiger partial charge in [0.2, 0.25) is 0 Å². The number of carbonyl (C=O) groups excluding carboxylic acids is 1. The van der Waals surface area contributed by atoms with Gasteiger partial charge in [0.1, 0.15) is 5.60 Å². The second kappa shape index (κ2) is 7.58. The minimum Gasteiger partial charge on any atom is -0.444 e. The first-order valence-corrected chi connectivity index (χ1v) is 8.86. The Morgan fingerprint density at radius 1 is 1.22 bits per heavy atom. The zero-order valence-corrected chi connectivity index (χ0v) is 15.3. The van der Waals surface area contributed by atoms with Crippen LogP contribution < -0.4 is 0 Å².